The van der Waals surface area contributed by atoms with Crippen LogP contribution < -0.4 is 18.9 Å². The number of ether oxygens (including phenoxy) is 3. The number of benzene rings is 3. The van der Waals surface area contributed by atoms with Crippen molar-refractivity contribution in [3.8, 4) is 11.5 Å². The molecule has 3 aromatic carbocycles. The summed E-state index contributed by atoms with van der Waals surface area (Å²) in [7, 11) is -6.63. The fourth-order valence-corrected chi connectivity index (χ4v) is 6.02. The van der Waals surface area contributed by atoms with E-state index in [4.69, 9.17) is 14.2 Å². The molecule has 0 radical (unpaired) electrons. The second-order valence-electron chi connectivity index (χ2n) is 8.46. The highest BCUT2D eigenvalue weighted by Crippen LogP contribution is 2.27. The molecule has 3 aromatic rings. The van der Waals surface area contributed by atoms with Crippen molar-refractivity contribution in [1.29, 1.82) is 0 Å². The zero-order valence-electron chi connectivity index (χ0n) is 21.4. The Hall–Kier alpha value is -3.81. The van der Waals surface area contributed by atoms with E-state index in [2.05, 4.69) is 9.44 Å². The molecule has 208 valence electrons. The monoisotopic (exact) mass is 575 g/mol. The maximum Gasteiger partial charge on any atom is 0.261 e. The van der Waals surface area contributed by atoms with Crippen LogP contribution in [-0.2, 0) is 24.8 Å². The number of methoxy groups -OCH3 is 1. The van der Waals surface area contributed by atoms with Gasteiger partial charge in [0.1, 0.15) is 11.5 Å². The number of sulfonamides is 2. The molecule has 0 bridgehead atoms. The van der Waals surface area contributed by atoms with Gasteiger partial charge in [0, 0.05) is 24.5 Å². The second-order valence-corrected chi connectivity index (χ2v) is 11.8. The van der Waals surface area contributed by atoms with Gasteiger partial charge in [0.15, 0.2) is 0 Å². The lowest BCUT2D eigenvalue weighted by molar-refractivity contribution is 0.0300. The highest BCUT2D eigenvalue weighted by Gasteiger charge is 2.25. The van der Waals surface area contributed by atoms with Crippen molar-refractivity contribution in [3.63, 3.8) is 0 Å². The molecule has 0 atom stereocenters. The minimum Gasteiger partial charge on any atom is -0.496 e. The van der Waals surface area contributed by atoms with E-state index < -0.39 is 20.0 Å². The van der Waals surface area contributed by atoms with Crippen LogP contribution in [0.5, 0.6) is 11.5 Å². The van der Waals surface area contributed by atoms with Gasteiger partial charge in [-0.15, -0.1) is 0 Å². The second kappa shape index (κ2) is 11.9. The predicted molar refractivity (Wildman–Crippen MR) is 145 cm³/mol. The summed E-state index contributed by atoms with van der Waals surface area (Å²) >= 11 is 0. The molecule has 0 spiro atoms. The SMILES string of the molecule is CCOc1ccc(NS(=O)(=O)c2ccc(NS(=O)(=O)c3ccc(OC)c(C(=O)N4CCOCC4)c3)cc2)cc1. The number of carbonyl (C=O) groups is 1. The Kier molecular flexibility index (Phi) is 8.63. The molecular formula is C26H29N3O8S2. The highest BCUT2D eigenvalue weighted by molar-refractivity contribution is 7.93. The van der Waals surface area contributed by atoms with Crippen LogP contribution in [0.25, 0.3) is 0 Å². The van der Waals surface area contributed by atoms with Crippen LogP contribution in [0.15, 0.2) is 76.5 Å². The van der Waals surface area contributed by atoms with E-state index in [9.17, 15) is 21.6 Å². The van der Waals surface area contributed by atoms with Gasteiger partial charge >= 0.3 is 0 Å². The molecule has 0 unspecified atom stereocenters. The van der Waals surface area contributed by atoms with Gasteiger partial charge in [-0.1, -0.05) is 0 Å². The molecular weight excluding hydrogens is 546 g/mol. The molecule has 4 rings (SSSR count). The molecule has 1 aliphatic rings. The number of carbonyl (C=O) groups excluding carboxylic acids is 1. The molecule has 1 aliphatic heterocycles. The summed E-state index contributed by atoms with van der Waals surface area (Å²) in [5.41, 5.74) is 0.612. The number of anilines is 2. The molecule has 1 amide bonds. The van der Waals surface area contributed by atoms with Crippen molar-refractivity contribution in [3.05, 3.63) is 72.3 Å². The predicted octanol–water partition coefficient (Wildman–Crippen LogP) is 3.17. The first kappa shape index (κ1) is 28.2. The molecule has 0 saturated carbocycles. The Morgan fingerprint density at radius 1 is 0.846 bits per heavy atom. The topological polar surface area (TPSA) is 140 Å². The number of nitrogens with zero attached hydrogens (tertiary/aromatic N) is 1. The summed E-state index contributed by atoms with van der Waals surface area (Å²) in [5.74, 6) is 0.508. The van der Waals surface area contributed by atoms with Crippen molar-refractivity contribution >= 4 is 37.3 Å². The van der Waals surface area contributed by atoms with Crippen molar-refractivity contribution in [2.24, 2.45) is 0 Å². The van der Waals surface area contributed by atoms with Crippen molar-refractivity contribution in [1.82, 2.24) is 4.90 Å². The fraction of sp³-hybridized carbons (Fsp3) is 0.269. The molecule has 13 heteroatoms. The van der Waals surface area contributed by atoms with Gasteiger partial charge in [0.05, 0.1) is 42.3 Å². The first-order valence-corrected chi connectivity index (χ1v) is 15.0. The molecule has 0 aromatic heterocycles. The van der Waals surface area contributed by atoms with Crippen LogP contribution in [0.4, 0.5) is 11.4 Å². The van der Waals surface area contributed by atoms with Crippen LogP contribution in [0.1, 0.15) is 17.3 Å². The van der Waals surface area contributed by atoms with Crippen molar-refractivity contribution < 1.29 is 35.8 Å². The fourth-order valence-electron chi connectivity index (χ4n) is 3.87. The molecule has 2 N–H and O–H groups in total. The quantitative estimate of drug-likeness (QED) is 0.376. The minimum absolute atomic E-state index is 0.0535. The average Bonchev–Trinajstić information content (AvgIpc) is 2.94. The Labute approximate surface area is 227 Å². The Morgan fingerprint density at radius 3 is 1.95 bits per heavy atom. The molecule has 1 fully saturated rings. The van der Waals surface area contributed by atoms with Gasteiger partial charge < -0.3 is 19.1 Å². The summed E-state index contributed by atoms with van der Waals surface area (Å²) in [6.07, 6.45) is 0. The van der Waals surface area contributed by atoms with Crippen LogP contribution in [0.3, 0.4) is 0 Å². The van der Waals surface area contributed by atoms with Gasteiger partial charge in [-0.3, -0.25) is 14.2 Å². The Morgan fingerprint density at radius 2 is 1.38 bits per heavy atom. The normalized spacial score (nSPS) is 13.9. The zero-order chi connectivity index (χ0) is 28.0. The lowest BCUT2D eigenvalue weighted by Gasteiger charge is -2.27. The summed E-state index contributed by atoms with van der Waals surface area (Å²) < 4.78 is 72.6. The first-order valence-electron chi connectivity index (χ1n) is 12.1. The standard InChI is InChI=1S/C26H29N3O8S2/c1-3-37-21-8-4-19(5-9-21)27-38(31,32)22-10-6-20(7-11-22)28-39(33,34)23-12-13-25(35-2)24(18-23)26(30)29-14-16-36-17-15-29/h4-13,18,27-28H,3,14-17H2,1-2H3. The van der Waals surface area contributed by atoms with Gasteiger partial charge in [-0.2, -0.15) is 0 Å². The lowest BCUT2D eigenvalue weighted by Crippen LogP contribution is -2.40. The van der Waals surface area contributed by atoms with E-state index in [1.807, 2.05) is 6.92 Å². The number of amides is 1. The van der Waals surface area contributed by atoms with Gasteiger partial charge in [-0.05, 0) is 73.7 Å². The third-order valence-electron chi connectivity index (χ3n) is 5.84. The summed E-state index contributed by atoms with van der Waals surface area (Å²) in [6, 6.07) is 15.7. The number of rotatable bonds is 10. The zero-order valence-corrected chi connectivity index (χ0v) is 23.0. The summed E-state index contributed by atoms with van der Waals surface area (Å²) in [4.78, 5) is 14.4. The molecule has 39 heavy (non-hydrogen) atoms. The van der Waals surface area contributed by atoms with Crippen LogP contribution in [-0.4, -0.2) is 67.7 Å². The number of hydrogen-bond donors (Lipinski definition) is 2. The van der Waals surface area contributed by atoms with Crippen LogP contribution in [0, 0.1) is 0 Å². The molecule has 1 heterocycles. The first-order chi connectivity index (χ1) is 18.6. The van der Waals surface area contributed by atoms with Crippen LogP contribution >= 0.6 is 0 Å². The number of nitrogens with one attached hydrogen (secondary N) is 2. The van der Waals surface area contributed by atoms with Gasteiger partial charge in [-0.25, -0.2) is 16.8 Å². The third-order valence-corrected chi connectivity index (χ3v) is 8.62. The molecule has 1 saturated heterocycles. The maximum absolute atomic E-state index is 13.1. The van der Waals surface area contributed by atoms with Crippen molar-refractivity contribution in [2.75, 3.05) is 49.5 Å². The van der Waals surface area contributed by atoms with Gasteiger partial charge in [0.2, 0.25) is 0 Å². The highest BCUT2D eigenvalue weighted by atomic mass is 32.2. The van der Waals surface area contributed by atoms with Gasteiger partial charge in [0.25, 0.3) is 26.0 Å². The van der Waals surface area contributed by atoms with Crippen LogP contribution in [0.2, 0.25) is 0 Å². The Balaban J connectivity index is 1.50. The summed E-state index contributed by atoms with van der Waals surface area (Å²) in [5, 5.41) is 0. The lowest BCUT2D eigenvalue weighted by atomic mass is 10.1. The van der Waals surface area contributed by atoms with E-state index in [0.29, 0.717) is 44.3 Å². The molecule has 0 aliphatic carbocycles. The minimum atomic E-state index is -4.11. The largest absolute Gasteiger partial charge is 0.496 e. The van der Waals surface area contributed by atoms with E-state index in [-0.39, 0.29) is 32.7 Å². The average molecular weight is 576 g/mol. The number of morpholine rings is 1. The summed E-state index contributed by atoms with van der Waals surface area (Å²) in [6.45, 7) is 3.92. The third kappa shape index (κ3) is 6.80. The van der Waals surface area contributed by atoms with E-state index in [1.54, 1.807) is 29.2 Å². The smallest absolute Gasteiger partial charge is 0.261 e. The van der Waals surface area contributed by atoms with E-state index in [0.717, 1.165) is 0 Å². The van der Waals surface area contributed by atoms with E-state index in [1.165, 1.54) is 49.6 Å². The maximum atomic E-state index is 13.1. The van der Waals surface area contributed by atoms with E-state index >= 15 is 0 Å². The Bertz CT molecular complexity index is 1520. The van der Waals surface area contributed by atoms with Crippen molar-refractivity contribution in [2.45, 2.75) is 16.7 Å². The number of hydrogen-bond acceptors (Lipinski definition) is 8. The molecule has 11 nitrogen and oxygen atoms in total.